The van der Waals surface area contributed by atoms with Crippen molar-refractivity contribution in [2.75, 3.05) is 11.8 Å². The zero-order chi connectivity index (χ0) is 16.6. The number of methoxy groups -OCH3 is 1. The zero-order valence-electron chi connectivity index (χ0n) is 11.7. The van der Waals surface area contributed by atoms with Crippen LogP contribution in [0.15, 0.2) is 41.3 Å². The lowest BCUT2D eigenvalue weighted by Crippen LogP contribution is -2.12. The van der Waals surface area contributed by atoms with Crippen LogP contribution in [0.25, 0.3) is 10.2 Å². The van der Waals surface area contributed by atoms with Gasteiger partial charge >= 0.3 is 0 Å². The van der Waals surface area contributed by atoms with Crippen LogP contribution in [0, 0.1) is 0 Å². The summed E-state index contributed by atoms with van der Waals surface area (Å²) in [5, 5.41) is 1.08. The van der Waals surface area contributed by atoms with Crippen LogP contribution >= 0.6 is 34.5 Å². The van der Waals surface area contributed by atoms with Gasteiger partial charge in [0, 0.05) is 0 Å². The van der Waals surface area contributed by atoms with Crippen LogP contribution in [0.1, 0.15) is 0 Å². The molecule has 0 unspecified atom stereocenters. The molecule has 0 atom stereocenters. The van der Waals surface area contributed by atoms with E-state index in [2.05, 4.69) is 9.71 Å². The van der Waals surface area contributed by atoms with E-state index in [1.807, 2.05) is 0 Å². The molecule has 0 amide bonds. The smallest absolute Gasteiger partial charge is 0.263 e. The molecule has 0 aliphatic heterocycles. The molecule has 120 valence electrons. The Morgan fingerprint density at radius 2 is 1.74 bits per heavy atom. The van der Waals surface area contributed by atoms with Gasteiger partial charge in [-0.2, -0.15) is 0 Å². The molecule has 23 heavy (non-hydrogen) atoms. The van der Waals surface area contributed by atoms with Gasteiger partial charge in [-0.3, -0.25) is 4.72 Å². The molecular weight excluding hydrogens is 379 g/mol. The Morgan fingerprint density at radius 1 is 1.09 bits per heavy atom. The summed E-state index contributed by atoms with van der Waals surface area (Å²) >= 11 is 13.3. The highest BCUT2D eigenvalue weighted by Gasteiger charge is 2.18. The standard InChI is InChI=1S/C14H10Cl2N2O3S2/c1-21-8-2-4-9(5-3-8)23(19,20)18-14-17-12-10(15)6-7-11(16)13(12)22-14/h2-7H,1H3,(H,17,18). The lowest BCUT2D eigenvalue weighted by molar-refractivity contribution is 0.414. The quantitative estimate of drug-likeness (QED) is 0.718. The molecule has 0 saturated heterocycles. The number of ether oxygens (including phenoxy) is 1. The molecule has 0 fully saturated rings. The summed E-state index contributed by atoms with van der Waals surface area (Å²) in [5.74, 6) is 0.572. The maximum Gasteiger partial charge on any atom is 0.263 e. The fraction of sp³-hybridized carbons (Fsp3) is 0.0714. The Morgan fingerprint density at radius 3 is 2.35 bits per heavy atom. The summed E-state index contributed by atoms with van der Waals surface area (Å²) < 4.78 is 32.9. The molecule has 0 radical (unpaired) electrons. The summed E-state index contributed by atoms with van der Waals surface area (Å²) in [5.41, 5.74) is 0.469. The SMILES string of the molecule is COc1ccc(S(=O)(=O)Nc2nc3c(Cl)ccc(Cl)c3s2)cc1. The fourth-order valence-corrected chi connectivity index (χ4v) is 4.57. The van der Waals surface area contributed by atoms with Gasteiger partial charge in [0.2, 0.25) is 0 Å². The van der Waals surface area contributed by atoms with Crippen LogP contribution in [0.5, 0.6) is 5.75 Å². The van der Waals surface area contributed by atoms with E-state index in [1.165, 1.54) is 19.2 Å². The molecule has 0 bridgehead atoms. The molecule has 3 aromatic rings. The normalized spacial score (nSPS) is 11.6. The number of sulfonamides is 1. The van der Waals surface area contributed by atoms with Gasteiger partial charge in [-0.15, -0.1) is 0 Å². The second-order valence-corrected chi connectivity index (χ2v) is 8.00. The Balaban J connectivity index is 1.96. The number of fused-ring (bicyclic) bond motifs is 1. The van der Waals surface area contributed by atoms with Gasteiger partial charge in [0.05, 0.1) is 26.8 Å². The van der Waals surface area contributed by atoms with Gasteiger partial charge in [-0.1, -0.05) is 34.5 Å². The number of rotatable bonds is 4. The Labute approximate surface area is 146 Å². The van der Waals surface area contributed by atoms with E-state index in [-0.39, 0.29) is 10.0 Å². The number of anilines is 1. The van der Waals surface area contributed by atoms with E-state index >= 15 is 0 Å². The maximum absolute atomic E-state index is 12.4. The van der Waals surface area contributed by atoms with Crippen LogP contribution < -0.4 is 9.46 Å². The van der Waals surface area contributed by atoms with Crippen molar-refractivity contribution in [1.82, 2.24) is 4.98 Å². The van der Waals surface area contributed by atoms with Gasteiger partial charge in [0.15, 0.2) is 5.13 Å². The zero-order valence-corrected chi connectivity index (χ0v) is 14.9. The number of aromatic nitrogens is 1. The third kappa shape index (κ3) is 3.23. The van der Waals surface area contributed by atoms with Crippen molar-refractivity contribution in [3.05, 3.63) is 46.4 Å². The maximum atomic E-state index is 12.4. The van der Waals surface area contributed by atoms with Crippen LogP contribution in [-0.2, 0) is 10.0 Å². The number of benzene rings is 2. The summed E-state index contributed by atoms with van der Waals surface area (Å²) in [6.45, 7) is 0. The molecule has 3 rings (SSSR count). The molecule has 2 aromatic carbocycles. The van der Waals surface area contributed by atoms with Crippen LogP contribution in [0.4, 0.5) is 5.13 Å². The molecule has 5 nitrogen and oxygen atoms in total. The molecule has 0 aliphatic carbocycles. The van der Waals surface area contributed by atoms with Gasteiger partial charge in [-0.25, -0.2) is 13.4 Å². The first kappa shape index (κ1) is 16.3. The minimum absolute atomic E-state index is 0.106. The van der Waals surface area contributed by atoms with Crippen molar-refractivity contribution in [2.24, 2.45) is 0 Å². The van der Waals surface area contributed by atoms with Gasteiger partial charge in [0.25, 0.3) is 10.0 Å². The van der Waals surface area contributed by atoms with E-state index in [1.54, 1.807) is 24.3 Å². The summed E-state index contributed by atoms with van der Waals surface area (Å²) in [4.78, 5) is 4.31. The predicted molar refractivity (Wildman–Crippen MR) is 93.4 cm³/mol. The highest BCUT2D eigenvalue weighted by Crippen LogP contribution is 2.36. The van der Waals surface area contributed by atoms with E-state index < -0.39 is 10.0 Å². The molecule has 9 heteroatoms. The summed E-state index contributed by atoms with van der Waals surface area (Å²) in [7, 11) is -2.25. The Bertz CT molecular complexity index is 931. The third-order valence-electron chi connectivity index (χ3n) is 3.04. The number of thiazole rings is 1. The van der Waals surface area contributed by atoms with Crippen LogP contribution in [0.2, 0.25) is 10.0 Å². The lowest BCUT2D eigenvalue weighted by atomic mass is 10.3. The molecule has 0 saturated carbocycles. The molecule has 0 aliphatic rings. The molecule has 1 N–H and O–H groups in total. The molecular formula is C14H10Cl2N2O3S2. The molecule has 1 heterocycles. The lowest BCUT2D eigenvalue weighted by Gasteiger charge is -2.05. The average molecular weight is 389 g/mol. The van der Waals surface area contributed by atoms with E-state index in [0.717, 1.165) is 11.3 Å². The van der Waals surface area contributed by atoms with Crippen LogP contribution in [-0.4, -0.2) is 20.5 Å². The Hall–Kier alpha value is -1.54. The number of nitrogens with zero attached hydrogens (tertiary/aromatic N) is 1. The largest absolute Gasteiger partial charge is 0.497 e. The van der Waals surface area contributed by atoms with Gasteiger partial charge in [0.1, 0.15) is 11.3 Å². The number of hydrogen-bond acceptors (Lipinski definition) is 5. The summed E-state index contributed by atoms with van der Waals surface area (Å²) in [6, 6.07) is 9.31. The van der Waals surface area contributed by atoms with E-state index in [9.17, 15) is 8.42 Å². The highest BCUT2D eigenvalue weighted by atomic mass is 35.5. The van der Waals surface area contributed by atoms with Gasteiger partial charge < -0.3 is 4.74 Å². The minimum Gasteiger partial charge on any atom is -0.497 e. The number of nitrogens with one attached hydrogen (secondary N) is 1. The second kappa shape index (κ2) is 6.16. The van der Waals surface area contributed by atoms with Crippen molar-refractivity contribution in [3.8, 4) is 5.75 Å². The van der Waals surface area contributed by atoms with Crippen molar-refractivity contribution in [1.29, 1.82) is 0 Å². The Kier molecular flexibility index (Phi) is 4.37. The van der Waals surface area contributed by atoms with Crippen molar-refractivity contribution >= 4 is 59.9 Å². The topological polar surface area (TPSA) is 68.3 Å². The first-order valence-corrected chi connectivity index (χ1v) is 9.38. The predicted octanol–water partition coefficient (Wildman–Crippen LogP) is 4.41. The third-order valence-corrected chi connectivity index (χ3v) is 6.26. The number of hydrogen-bond donors (Lipinski definition) is 1. The minimum atomic E-state index is -3.76. The average Bonchev–Trinajstić information content (AvgIpc) is 2.95. The fourth-order valence-electron chi connectivity index (χ4n) is 1.92. The van der Waals surface area contributed by atoms with Crippen molar-refractivity contribution in [3.63, 3.8) is 0 Å². The highest BCUT2D eigenvalue weighted by molar-refractivity contribution is 7.93. The first-order valence-electron chi connectivity index (χ1n) is 6.32. The van der Waals surface area contributed by atoms with Gasteiger partial charge in [-0.05, 0) is 36.4 Å². The first-order chi connectivity index (χ1) is 10.9. The monoisotopic (exact) mass is 388 g/mol. The van der Waals surface area contributed by atoms with E-state index in [0.29, 0.717) is 26.0 Å². The molecule has 1 aromatic heterocycles. The van der Waals surface area contributed by atoms with Crippen molar-refractivity contribution < 1.29 is 13.2 Å². The number of halogens is 2. The van der Waals surface area contributed by atoms with Crippen molar-refractivity contribution in [2.45, 2.75) is 4.90 Å². The molecule has 0 spiro atoms. The van der Waals surface area contributed by atoms with Crippen LogP contribution in [0.3, 0.4) is 0 Å². The summed E-state index contributed by atoms with van der Waals surface area (Å²) in [6.07, 6.45) is 0. The van der Waals surface area contributed by atoms with E-state index in [4.69, 9.17) is 27.9 Å². The second-order valence-electron chi connectivity index (χ2n) is 4.51.